The molecule has 0 radical (unpaired) electrons. The van der Waals surface area contributed by atoms with Gasteiger partial charge in [-0.25, -0.2) is 4.79 Å². The summed E-state index contributed by atoms with van der Waals surface area (Å²) in [4.78, 5) is 26.3. The Bertz CT molecular complexity index is 692. The lowest BCUT2D eigenvalue weighted by Crippen LogP contribution is -2.47. The van der Waals surface area contributed by atoms with E-state index in [1.807, 2.05) is 27.7 Å². The third kappa shape index (κ3) is 6.17. The largest absolute Gasteiger partial charge is 0.493 e. The van der Waals surface area contributed by atoms with Crippen molar-refractivity contribution in [2.24, 2.45) is 0 Å². The zero-order valence-corrected chi connectivity index (χ0v) is 17.7. The van der Waals surface area contributed by atoms with Crippen LogP contribution in [0.1, 0.15) is 40.2 Å². The molecule has 0 bridgehead atoms. The lowest BCUT2D eigenvalue weighted by molar-refractivity contribution is -0.157. The zero-order chi connectivity index (χ0) is 20.7. The number of amides is 1. The van der Waals surface area contributed by atoms with Gasteiger partial charge in [0.05, 0.1) is 19.2 Å². The van der Waals surface area contributed by atoms with Crippen LogP contribution < -0.4 is 9.47 Å². The molecule has 1 amide bonds. The molecule has 0 heterocycles. The van der Waals surface area contributed by atoms with Crippen molar-refractivity contribution in [2.75, 3.05) is 14.2 Å². The van der Waals surface area contributed by atoms with Crippen molar-refractivity contribution in [1.29, 1.82) is 0 Å². The van der Waals surface area contributed by atoms with Crippen LogP contribution in [0, 0.1) is 0 Å². The summed E-state index contributed by atoms with van der Waals surface area (Å²) < 4.78 is 15.6. The Kier molecular flexibility index (Phi) is 8.63. The smallest absolute Gasteiger partial charge is 0.331 e. The van der Waals surface area contributed by atoms with E-state index in [1.165, 1.54) is 26.4 Å². The Morgan fingerprint density at radius 1 is 1.04 bits per heavy atom. The van der Waals surface area contributed by atoms with Gasteiger partial charge in [0, 0.05) is 18.2 Å². The van der Waals surface area contributed by atoms with Crippen LogP contribution in [-0.4, -0.2) is 49.2 Å². The fourth-order valence-corrected chi connectivity index (χ4v) is 3.07. The standard InChI is InChI=1S/C20H28ClNO5/c1-12(2)22(13(3)4)20(24)14(5)27-18(23)9-8-15-10-16(21)19(26-7)17(11-15)25-6/h8-14H,1-7H3/b9-8+. The molecule has 0 fully saturated rings. The minimum absolute atomic E-state index is 0.0168. The first kappa shape index (κ1) is 22.8. The van der Waals surface area contributed by atoms with E-state index in [0.717, 1.165) is 0 Å². The molecule has 0 aliphatic rings. The van der Waals surface area contributed by atoms with E-state index >= 15 is 0 Å². The monoisotopic (exact) mass is 397 g/mol. The van der Waals surface area contributed by atoms with Gasteiger partial charge < -0.3 is 19.1 Å². The molecule has 27 heavy (non-hydrogen) atoms. The van der Waals surface area contributed by atoms with Gasteiger partial charge in [-0.3, -0.25) is 4.79 Å². The first-order valence-corrected chi connectivity index (χ1v) is 9.12. The molecule has 0 spiro atoms. The first-order chi connectivity index (χ1) is 12.6. The number of methoxy groups -OCH3 is 2. The highest BCUT2D eigenvalue weighted by Gasteiger charge is 2.27. The Labute approximate surface area is 166 Å². The van der Waals surface area contributed by atoms with Crippen LogP contribution in [0.15, 0.2) is 18.2 Å². The van der Waals surface area contributed by atoms with Gasteiger partial charge in [-0.15, -0.1) is 0 Å². The summed E-state index contributed by atoms with van der Waals surface area (Å²) in [5.41, 5.74) is 0.638. The number of carbonyl (C=O) groups is 2. The van der Waals surface area contributed by atoms with Crippen molar-refractivity contribution < 1.29 is 23.8 Å². The highest BCUT2D eigenvalue weighted by Crippen LogP contribution is 2.36. The van der Waals surface area contributed by atoms with E-state index in [0.29, 0.717) is 22.1 Å². The Hall–Kier alpha value is -2.21. The van der Waals surface area contributed by atoms with Crippen molar-refractivity contribution in [3.8, 4) is 11.5 Å². The normalized spacial score (nSPS) is 12.4. The number of ether oxygens (including phenoxy) is 3. The molecule has 1 atom stereocenters. The van der Waals surface area contributed by atoms with Gasteiger partial charge in [-0.1, -0.05) is 11.6 Å². The molecule has 1 unspecified atom stereocenters. The molecule has 0 aliphatic carbocycles. The van der Waals surface area contributed by atoms with Crippen LogP contribution in [-0.2, 0) is 14.3 Å². The molecule has 0 aliphatic heterocycles. The topological polar surface area (TPSA) is 65.1 Å². The van der Waals surface area contributed by atoms with Gasteiger partial charge >= 0.3 is 5.97 Å². The number of halogens is 1. The number of rotatable bonds is 8. The number of benzene rings is 1. The third-order valence-electron chi connectivity index (χ3n) is 3.88. The summed E-state index contributed by atoms with van der Waals surface area (Å²) in [6.45, 7) is 9.26. The number of carbonyl (C=O) groups excluding carboxylic acids is 2. The van der Waals surface area contributed by atoms with Crippen molar-refractivity contribution in [1.82, 2.24) is 4.90 Å². The highest BCUT2D eigenvalue weighted by molar-refractivity contribution is 6.32. The van der Waals surface area contributed by atoms with Gasteiger partial charge in [0.15, 0.2) is 17.6 Å². The predicted molar refractivity (Wildman–Crippen MR) is 106 cm³/mol. The van der Waals surface area contributed by atoms with E-state index < -0.39 is 12.1 Å². The quantitative estimate of drug-likeness (QED) is 0.491. The Balaban J connectivity index is 2.85. The molecule has 0 saturated carbocycles. The van der Waals surface area contributed by atoms with Gasteiger partial charge in [-0.05, 0) is 58.4 Å². The number of hydrogen-bond acceptors (Lipinski definition) is 5. The molecule has 150 valence electrons. The van der Waals surface area contributed by atoms with Crippen LogP contribution in [0.4, 0.5) is 0 Å². The van der Waals surface area contributed by atoms with Gasteiger partial charge in [-0.2, -0.15) is 0 Å². The highest BCUT2D eigenvalue weighted by atomic mass is 35.5. The maximum absolute atomic E-state index is 12.5. The molecule has 1 aromatic carbocycles. The van der Waals surface area contributed by atoms with Crippen LogP contribution in [0.25, 0.3) is 6.08 Å². The second-order valence-corrected chi connectivity index (χ2v) is 6.99. The molecule has 6 nitrogen and oxygen atoms in total. The Morgan fingerprint density at radius 3 is 2.11 bits per heavy atom. The van der Waals surface area contributed by atoms with Crippen molar-refractivity contribution in [2.45, 2.75) is 52.8 Å². The van der Waals surface area contributed by atoms with Crippen LogP contribution in [0.2, 0.25) is 5.02 Å². The fraction of sp³-hybridized carbons (Fsp3) is 0.500. The SMILES string of the molecule is COc1cc(/C=C/C(=O)OC(C)C(=O)N(C(C)C)C(C)C)cc(Cl)c1OC. The number of esters is 1. The van der Waals surface area contributed by atoms with E-state index in [1.54, 1.807) is 24.0 Å². The van der Waals surface area contributed by atoms with Crippen LogP contribution in [0.3, 0.4) is 0 Å². The molecular formula is C20H28ClNO5. The lowest BCUT2D eigenvalue weighted by atomic mass is 10.2. The predicted octanol–water partition coefficient (Wildman–Crippen LogP) is 3.95. The molecule has 0 N–H and O–H groups in total. The molecule has 7 heteroatoms. The van der Waals surface area contributed by atoms with E-state index in [4.69, 9.17) is 25.8 Å². The van der Waals surface area contributed by atoms with E-state index in [-0.39, 0.29) is 18.0 Å². The summed E-state index contributed by atoms with van der Waals surface area (Å²) in [5.74, 6) is 0.0248. The molecule has 0 saturated heterocycles. The minimum atomic E-state index is -0.874. The summed E-state index contributed by atoms with van der Waals surface area (Å²) >= 11 is 6.14. The van der Waals surface area contributed by atoms with Crippen LogP contribution in [0.5, 0.6) is 11.5 Å². The molecule has 1 aromatic rings. The van der Waals surface area contributed by atoms with Gasteiger partial charge in [0.25, 0.3) is 5.91 Å². The summed E-state index contributed by atoms with van der Waals surface area (Å²) in [6, 6.07) is 3.36. The lowest BCUT2D eigenvalue weighted by Gasteiger charge is -2.32. The van der Waals surface area contributed by atoms with Crippen molar-refractivity contribution in [3.05, 3.63) is 28.8 Å². The van der Waals surface area contributed by atoms with Crippen molar-refractivity contribution >= 4 is 29.6 Å². The summed E-state index contributed by atoms with van der Waals surface area (Å²) in [7, 11) is 2.99. The second-order valence-electron chi connectivity index (χ2n) is 6.58. The maximum atomic E-state index is 12.5. The average Bonchev–Trinajstić information content (AvgIpc) is 2.58. The molecular weight excluding hydrogens is 370 g/mol. The minimum Gasteiger partial charge on any atom is -0.493 e. The Morgan fingerprint density at radius 2 is 1.63 bits per heavy atom. The fourth-order valence-electron chi connectivity index (χ4n) is 2.78. The van der Waals surface area contributed by atoms with E-state index in [2.05, 4.69) is 0 Å². The van der Waals surface area contributed by atoms with Crippen LogP contribution >= 0.6 is 11.6 Å². The maximum Gasteiger partial charge on any atom is 0.331 e. The average molecular weight is 398 g/mol. The summed E-state index contributed by atoms with van der Waals surface area (Å²) in [5, 5.41) is 0.359. The zero-order valence-electron chi connectivity index (χ0n) is 16.9. The van der Waals surface area contributed by atoms with Crippen molar-refractivity contribution in [3.63, 3.8) is 0 Å². The van der Waals surface area contributed by atoms with E-state index in [9.17, 15) is 9.59 Å². The van der Waals surface area contributed by atoms with Gasteiger partial charge in [0.1, 0.15) is 0 Å². The number of hydrogen-bond donors (Lipinski definition) is 0. The third-order valence-corrected chi connectivity index (χ3v) is 4.16. The summed E-state index contributed by atoms with van der Waals surface area (Å²) in [6.07, 6.45) is 1.91. The molecule has 1 rings (SSSR count). The molecule has 0 aromatic heterocycles. The van der Waals surface area contributed by atoms with Gasteiger partial charge in [0.2, 0.25) is 0 Å². The second kappa shape index (κ2) is 10.2. The first-order valence-electron chi connectivity index (χ1n) is 8.74. The number of nitrogens with zero attached hydrogens (tertiary/aromatic N) is 1.